The molecule has 0 saturated heterocycles. The molecule has 1 heteroatoms. The lowest BCUT2D eigenvalue weighted by Gasteiger charge is -2.47. The van der Waals surface area contributed by atoms with Gasteiger partial charge < -0.3 is 0 Å². The zero-order valence-corrected chi connectivity index (χ0v) is 16.9. The molecule has 0 unspecified atom stereocenters. The number of nitriles is 1. The minimum absolute atomic E-state index is 0.0418. The average molecular weight is 344 g/mol. The summed E-state index contributed by atoms with van der Waals surface area (Å²) in [6.45, 7) is 4.58. The zero-order valence-electron chi connectivity index (χ0n) is 16.9. The van der Waals surface area contributed by atoms with Crippen molar-refractivity contribution in [3.63, 3.8) is 0 Å². The third kappa shape index (κ3) is 4.61. The van der Waals surface area contributed by atoms with Crippen LogP contribution in [-0.2, 0) is 0 Å². The van der Waals surface area contributed by atoms with E-state index in [1.165, 1.54) is 89.9 Å². The maximum absolute atomic E-state index is 9.76. The van der Waals surface area contributed by atoms with Gasteiger partial charge in [0.05, 0.1) is 11.5 Å². The van der Waals surface area contributed by atoms with E-state index in [1.54, 1.807) is 0 Å². The summed E-state index contributed by atoms with van der Waals surface area (Å²) >= 11 is 0. The third-order valence-electron chi connectivity index (χ3n) is 8.32. The van der Waals surface area contributed by atoms with Gasteiger partial charge in [-0.15, -0.1) is 0 Å². The van der Waals surface area contributed by atoms with Gasteiger partial charge in [0.25, 0.3) is 0 Å². The van der Waals surface area contributed by atoms with E-state index in [9.17, 15) is 5.26 Å². The van der Waals surface area contributed by atoms with Gasteiger partial charge >= 0.3 is 0 Å². The first-order chi connectivity index (χ1) is 12.2. The quantitative estimate of drug-likeness (QED) is 0.489. The fourth-order valence-electron chi connectivity index (χ4n) is 6.78. The molecule has 0 aromatic rings. The van der Waals surface area contributed by atoms with Gasteiger partial charge in [-0.05, 0) is 87.4 Å². The van der Waals surface area contributed by atoms with Crippen molar-refractivity contribution in [1.82, 2.24) is 0 Å². The second-order valence-corrected chi connectivity index (χ2v) is 9.90. The van der Waals surface area contributed by atoms with Crippen LogP contribution in [0.1, 0.15) is 110 Å². The highest BCUT2D eigenvalue weighted by atomic mass is 14.5. The Labute approximate surface area is 157 Å². The molecule has 0 radical (unpaired) electrons. The largest absolute Gasteiger partial charge is 0.198 e. The number of unbranched alkanes of at least 4 members (excludes halogenated alkanes) is 1. The van der Waals surface area contributed by atoms with Crippen molar-refractivity contribution in [2.45, 2.75) is 110 Å². The molecule has 3 aliphatic carbocycles. The second kappa shape index (κ2) is 8.92. The van der Waals surface area contributed by atoms with Gasteiger partial charge in [-0.1, -0.05) is 52.4 Å². The molecule has 4 atom stereocenters. The first kappa shape index (κ1) is 19.3. The zero-order chi connectivity index (χ0) is 17.7. The molecule has 0 heterocycles. The minimum atomic E-state index is 0.0418. The summed E-state index contributed by atoms with van der Waals surface area (Å²) < 4.78 is 0. The highest BCUT2D eigenvalue weighted by molar-refractivity contribution is 5.04. The van der Waals surface area contributed by atoms with Crippen molar-refractivity contribution in [1.29, 1.82) is 5.26 Å². The Bertz CT molecular complexity index is 442. The van der Waals surface area contributed by atoms with Gasteiger partial charge in [-0.2, -0.15) is 5.26 Å². The number of hydrogen-bond donors (Lipinski definition) is 0. The molecule has 3 fully saturated rings. The molecular formula is C24H41N. The van der Waals surface area contributed by atoms with Crippen molar-refractivity contribution in [2.24, 2.45) is 35.0 Å². The Kier molecular flexibility index (Phi) is 6.87. The molecule has 0 bridgehead atoms. The van der Waals surface area contributed by atoms with E-state index >= 15 is 0 Å². The van der Waals surface area contributed by atoms with Gasteiger partial charge in [0.2, 0.25) is 0 Å². The summed E-state index contributed by atoms with van der Waals surface area (Å²) in [5, 5.41) is 9.76. The van der Waals surface area contributed by atoms with Crippen molar-refractivity contribution in [3.8, 4) is 6.07 Å². The van der Waals surface area contributed by atoms with Crippen LogP contribution in [0.3, 0.4) is 0 Å². The summed E-state index contributed by atoms with van der Waals surface area (Å²) in [5.74, 6) is 4.94. The molecule has 0 aliphatic heterocycles. The van der Waals surface area contributed by atoms with Crippen LogP contribution in [0.15, 0.2) is 0 Å². The fourth-order valence-corrected chi connectivity index (χ4v) is 6.78. The summed E-state index contributed by atoms with van der Waals surface area (Å²) in [5.41, 5.74) is 0.0418. The Hall–Kier alpha value is -0.510. The van der Waals surface area contributed by atoms with Crippen LogP contribution in [0.4, 0.5) is 0 Å². The van der Waals surface area contributed by atoms with E-state index < -0.39 is 0 Å². The van der Waals surface area contributed by atoms with Gasteiger partial charge in [-0.3, -0.25) is 0 Å². The van der Waals surface area contributed by atoms with Gasteiger partial charge in [0.15, 0.2) is 0 Å². The molecule has 3 aliphatic rings. The molecule has 1 nitrogen and oxygen atoms in total. The SMILES string of the molecule is CCCCC1CCC([C@H]2CC[C@@H]3C[C@](C#N)(CCC)CC[C@@H]3C2)CC1. The lowest BCUT2D eigenvalue weighted by atomic mass is 9.57. The molecule has 0 N–H and O–H groups in total. The molecule has 3 rings (SSSR count). The van der Waals surface area contributed by atoms with E-state index in [4.69, 9.17) is 0 Å². The second-order valence-electron chi connectivity index (χ2n) is 9.90. The molecule has 0 aromatic carbocycles. The molecule has 142 valence electrons. The topological polar surface area (TPSA) is 23.8 Å². The number of fused-ring (bicyclic) bond motifs is 1. The lowest BCUT2D eigenvalue weighted by molar-refractivity contribution is 0.0384. The van der Waals surface area contributed by atoms with Crippen molar-refractivity contribution < 1.29 is 0 Å². The normalized spacial score (nSPS) is 41.7. The van der Waals surface area contributed by atoms with E-state index in [1.807, 2.05) is 0 Å². The maximum Gasteiger partial charge on any atom is 0.0689 e. The molecule has 0 amide bonds. The predicted octanol–water partition coefficient (Wildman–Crippen LogP) is 7.51. The first-order valence-corrected chi connectivity index (χ1v) is 11.6. The summed E-state index contributed by atoms with van der Waals surface area (Å²) in [6, 6.07) is 2.75. The lowest BCUT2D eigenvalue weighted by Crippen LogP contribution is -2.38. The first-order valence-electron chi connectivity index (χ1n) is 11.6. The molecule has 0 spiro atoms. The predicted molar refractivity (Wildman–Crippen MR) is 106 cm³/mol. The fraction of sp³-hybridized carbons (Fsp3) is 0.958. The van der Waals surface area contributed by atoms with Crippen LogP contribution in [0.2, 0.25) is 0 Å². The minimum Gasteiger partial charge on any atom is -0.198 e. The van der Waals surface area contributed by atoms with Crippen LogP contribution in [0.5, 0.6) is 0 Å². The van der Waals surface area contributed by atoms with Gasteiger partial charge in [-0.25, -0.2) is 0 Å². The number of nitrogens with zero attached hydrogens (tertiary/aromatic N) is 1. The number of rotatable bonds is 6. The number of hydrogen-bond acceptors (Lipinski definition) is 1. The van der Waals surface area contributed by atoms with Crippen molar-refractivity contribution in [2.75, 3.05) is 0 Å². The average Bonchev–Trinajstić information content (AvgIpc) is 2.66. The van der Waals surface area contributed by atoms with Crippen LogP contribution < -0.4 is 0 Å². The van der Waals surface area contributed by atoms with Gasteiger partial charge in [0, 0.05) is 0 Å². The molecule has 3 saturated carbocycles. The van der Waals surface area contributed by atoms with Gasteiger partial charge in [0.1, 0.15) is 0 Å². The Morgan fingerprint density at radius 3 is 2.20 bits per heavy atom. The van der Waals surface area contributed by atoms with E-state index in [-0.39, 0.29) is 5.41 Å². The van der Waals surface area contributed by atoms with Crippen LogP contribution in [0, 0.1) is 46.3 Å². The van der Waals surface area contributed by atoms with E-state index in [2.05, 4.69) is 19.9 Å². The molecule has 25 heavy (non-hydrogen) atoms. The summed E-state index contributed by atoms with van der Waals surface area (Å²) in [6.07, 6.45) is 20.9. The molecule has 0 aromatic heterocycles. The highest BCUT2D eigenvalue weighted by Crippen LogP contribution is 2.53. The van der Waals surface area contributed by atoms with E-state index in [0.717, 1.165) is 36.0 Å². The summed E-state index contributed by atoms with van der Waals surface area (Å²) in [7, 11) is 0. The monoisotopic (exact) mass is 343 g/mol. The standard InChI is InChI=1S/C24H41N/c1-3-5-6-19-7-9-20(10-8-19)21-11-12-23-17-24(18-25,14-4-2)15-13-22(23)16-21/h19-23H,3-17H2,1-2H3/t19?,20?,21-,22+,23+,24-/m0/s1. The highest BCUT2D eigenvalue weighted by Gasteiger charge is 2.44. The Morgan fingerprint density at radius 2 is 1.52 bits per heavy atom. The summed E-state index contributed by atoms with van der Waals surface area (Å²) in [4.78, 5) is 0. The molecular weight excluding hydrogens is 302 g/mol. The smallest absolute Gasteiger partial charge is 0.0689 e. The van der Waals surface area contributed by atoms with Crippen molar-refractivity contribution >= 4 is 0 Å². The van der Waals surface area contributed by atoms with E-state index in [0.29, 0.717) is 0 Å². The van der Waals surface area contributed by atoms with Crippen LogP contribution in [0.25, 0.3) is 0 Å². The third-order valence-corrected chi connectivity index (χ3v) is 8.32. The Morgan fingerprint density at radius 1 is 0.840 bits per heavy atom. The van der Waals surface area contributed by atoms with Crippen molar-refractivity contribution in [3.05, 3.63) is 0 Å². The Balaban J connectivity index is 1.48. The van der Waals surface area contributed by atoms with Crippen LogP contribution >= 0.6 is 0 Å². The van der Waals surface area contributed by atoms with Crippen LogP contribution in [-0.4, -0.2) is 0 Å². The maximum atomic E-state index is 9.76.